The minimum atomic E-state index is -0.452. The zero-order chi connectivity index (χ0) is 14.3. The Morgan fingerprint density at radius 3 is 2.42 bits per heavy atom. The summed E-state index contributed by atoms with van der Waals surface area (Å²) in [4.78, 5) is 12.1. The number of nitrogens with one attached hydrogen (secondary N) is 1. The first kappa shape index (κ1) is 15.9. The number of hydrogen-bond acceptors (Lipinski definition) is 6. The Hall–Kier alpha value is -1.14. The molecule has 0 amide bonds. The summed E-state index contributed by atoms with van der Waals surface area (Å²) in [6, 6.07) is 0.198. The highest BCUT2D eigenvalue weighted by atomic mass is 35.5. The molecule has 2 N–H and O–H groups in total. The molecule has 7 heteroatoms. The monoisotopic (exact) mass is 288 g/mol. The Labute approximate surface area is 118 Å². The van der Waals surface area contributed by atoms with E-state index >= 15 is 0 Å². The Morgan fingerprint density at radius 2 is 1.89 bits per heavy atom. The highest BCUT2D eigenvalue weighted by Gasteiger charge is 2.26. The van der Waals surface area contributed by atoms with Crippen LogP contribution in [0.1, 0.15) is 40.0 Å². The molecule has 1 aromatic heterocycles. The van der Waals surface area contributed by atoms with Gasteiger partial charge in [0.25, 0.3) is 0 Å². The van der Waals surface area contributed by atoms with E-state index in [2.05, 4.69) is 20.3 Å². The van der Waals surface area contributed by atoms with E-state index in [-0.39, 0.29) is 17.9 Å². The summed E-state index contributed by atoms with van der Waals surface area (Å²) in [5.74, 6) is 0.323. The Bertz CT molecular complexity index is 391. The van der Waals surface area contributed by atoms with Crippen LogP contribution in [0.15, 0.2) is 0 Å². The molecule has 0 spiro atoms. The van der Waals surface area contributed by atoms with Gasteiger partial charge in [0.05, 0.1) is 18.8 Å². The fraction of sp³-hybridized carbons (Fsp3) is 0.750. The smallest absolute Gasteiger partial charge is 0.322 e. The van der Waals surface area contributed by atoms with Crippen LogP contribution in [0.3, 0.4) is 0 Å². The molecule has 0 aliphatic carbocycles. The molecule has 0 unspecified atom stereocenters. The highest BCUT2D eigenvalue weighted by Crippen LogP contribution is 2.21. The van der Waals surface area contributed by atoms with Gasteiger partial charge in [-0.2, -0.15) is 15.0 Å². The van der Waals surface area contributed by atoms with Crippen LogP contribution in [0, 0.1) is 0 Å². The van der Waals surface area contributed by atoms with Crippen LogP contribution in [0.2, 0.25) is 5.28 Å². The van der Waals surface area contributed by atoms with Gasteiger partial charge in [0.1, 0.15) is 0 Å². The van der Waals surface area contributed by atoms with Crippen molar-refractivity contribution in [2.75, 3.05) is 18.5 Å². The molecule has 1 aromatic rings. The second-order valence-electron chi connectivity index (χ2n) is 4.33. The van der Waals surface area contributed by atoms with Gasteiger partial charge in [-0.15, -0.1) is 0 Å². The van der Waals surface area contributed by atoms with E-state index in [0.717, 1.165) is 19.3 Å². The summed E-state index contributed by atoms with van der Waals surface area (Å²) in [6.07, 6.45) is 2.35. The average molecular weight is 289 g/mol. The topological polar surface area (TPSA) is 80.2 Å². The molecule has 0 radical (unpaired) electrons. The van der Waals surface area contributed by atoms with E-state index in [4.69, 9.17) is 16.3 Å². The van der Waals surface area contributed by atoms with Gasteiger partial charge in [-0.25, -0.2) is 0 Å². The molecule has 0 saturated carbocycles. The fourth-order valence-corrected chi connectivity index (χ4v) is 1.73. The Morgan fingerprint density at radius 1 is 1.21 bits per heavy atom. The molecule has 1 heterocycles. The number of aliphatic hydroxyl groups excluding tert-OH is 1. The lowest BCUT2D eigenvalue weighted by Crippen LogP contribution is -2.41. The number of halogens is 1. The zero-order valence-electron chi connectivity index (χ0n) is 11.6. The number of hydrogen-bond donors (Lipinski definition) is 2. The zero-order valence-corrected chi connectivity index (χ0v) is 12.4. The van der Waals surface area contributed by atoms with Crippen LogP contribution >= 0.6 is 11.6 Å². The summed E-state index contributed by atoms with van der Waals surface area (Å²) < 4.78 is 5.34. The molecule has 0 saturated heterocycles. The van der Waals surface area contributed by atoms with Crippen molar-refractivity contribution in [1.29, 1.82) is 0 Å². The molecule has 0 atom stereocenters. The molecular formula is C12H21ClN4O2. The largest absolute Gasteiger partial charge is 0.463 e. The highest BCUT2D eigenvalue weighted by molar-refractivity contribution is 6.28. The van der Waals surface area contributed by atoms with E-state index in [1.54, 1.807) is 0 Å². The van der Waals surface area contributed by atoms with Crippen LogP contribution in [0.25, 0.3) is 0 Å². The maximum absolute atomic E-state index is 9.52. The van der Waals surface area contributed by atoms with Gasteiger partial charge in [0.2, 0.25) is 11.2 Å². The van der Waals surface area contributed by atoms with E-state index in [1.165, 1.54) is 0 Å². The normalized spacial score (nSPS) is 11.4. The van der Waals surface area contributed by atoms with Gasteiger partial charge in [-0.1, -0.05) is 20.8 Å². The third kappa shape index (κ3) is 4.47. The fourth-order valence-electron chi connectivity index (χ4n) is 1.57. The summed E-state index contributed by atoms with van der Waals surface area (Å²) >= 11 is 5.84. The van der Waals surface area contributed by atoms with Gasteiger partial charge in [-0.3, -0.25) is 0 Å². The van der Waals surface area contributed by atoms with Crippen molar-refractivity contribution in [3.63, 3.8) is 0 Å². The van der Waals surface area contributed by atoms with Crippen LogP contribution in [0.5, 0.6) is 6.01 Å². The summed E-state index contributed by atoms with van der Waals surface area (Å²) in [7, 11) is 0. The van der Waals surface area contributed by atoms with E-state index in [1.807, 2.05) is 20.8 Å². The number of aliphatic hydroxyl groups is 1. The molecule has 19 heavy (non-hydrogen) atoms. The lowest BCUT2D eigenvalue weighted by Gasteiger charge is -2.30. The van der Waals surface area contributed by atoms with Crippen molar-refractivity contribution in [3.05, 3.63) is 5.28 Å². The minimum absolute atomic E-state index is 0.00550. The van der Waals surface area contributed by atoms with E-state index in [0.29, 0.717) is 12.6 Å². The Kier molecular flexibility index (Phi) is 6.24. The van der Waals surface area contributed by atoms with Gasteiger partial charge < -0.3 is 15.2 Å². The molecule has 0 aromatic carbocycles. The van der Waals surface area contributed by atoms with Crippen molar-refractivity contribution in [3.8, 4) is 6.01 Å². The van der Waals surface area contributed by atoms with Crippen molar-refractivity contribution in [2.24, 2.45) is 0 Å². The molecular weight excluding hydrogens is 268 g/mol. The second kappa shape index (κ2) is 7.45. The Balaban J connectivity index is 2.90. The number of ether oxygens (including phenoxy) is 1. The predicted molar refractivity (Wildman–Crippen MR) is 74.6 cm³/mol. The number of rotatable bonds is 8. The van der Waals surface area contributed by atoms with Crippen LogP contribution in [0.4, 0.5) is 5.95 Å². The molecule has 1 rings (SSSR count). The third-order valence-corrected chi connectivity index (χ3v) is 3.23. The first-order valence-corrected chi connectivity index (χ1v) is 6.90. The van der Waals surface area contributed by atoms with Gasteiger partial charge in [0.15, 0.2) is 0 Å². The van der Waals surface area contributed by atoms with Crippen LogP contribution in [-0.4, -0.2) is 38.8 Å². The number of nitrogens with zero attached hydrogens (tertiary/aromatic N) is 3. The average Bonchev–Trinajstić information content (AvgIpc) is 2.42. The second-order valence-corrected chi connectivity index (χ2v) is 4.67. The van der Waals surface area contributed by atoms with Crippen LogP contribution < -0.4 is 10.1 Å². The number of anilines is 1. The standard InChI is InChI=1S/C12H21ClN4O2/c1-4-7-19-11-15-9(13)14-10(16-11)17-12(5-2,6-3)8-18/h18H,4-8H2,1-3H3,(H,14,15,16,17). The number of aromatic nitrogens is 3. The first-order chi connectivity index (χ1) is 9.09. The van der Waals surface area contributed by atoms with E-state index in [9.17, 15) is 5.11 Å². The quantitative estimate of drug-likeness (QED) is 0.764. The maximum atomic E-state index is 9.52. The summed E-state index contributed by atoms with van der Waals surface area (Å²) in [6.45, 7) is 6.49. The van der Waals surface area contributed by atoms with Crippen molar-refractivity contribution in [1.82, 2.24) is 15.0 Å². The SMILES string of the molecule is CCCOc1nc(Cl)nc(NC(CC)(CC)CO)n1. The molecule has 6 nitrogen and oxygen atoms in total. The summed E-state index contributed by atoms with van der Waals surface area (Å²) in [5.41, 5.74) is -0.452. The summed E-state index contributed by atoms with van der Waals surface area (Å²) in [5, 5.41) is 12.7. The predicted octanol–water partition coefficient (Wildman–Crippen LogP) is 2.28. The van der Waals surface area contributed by atoms with E-state index < -0.39 is 5.54 Å². The molecule has 0 bridgehead atoms. The van der Waals surface area contributed by atoms with Gasteiger partial charge in [0, 0.05) is 0 Å². The first-order valence-electron chi connectivity index (χ1n) is 6.52. The van der Waals surface area contributed by atoms with Crippen LogP contribution in [-0.2, 0) is 0 Å². The van der Waals surface area contributed by atoms with Crippen molar-refractivity contribution in [2.45, 2.75) is 45.6 Å². The molecule has 0 aliphatic rings. The van der Waals surface area contributed by atoms with Gasteiger partial charge in [-0.05, 0) is 30.9 Å². The third-order valence-electron chi connectivity index (χ3n) is 3.06. The van der Waals surface area contributed by atoms with Crippen molar-refractivity contribution >= 4 is 17.5 Å². The maximum Gasteiger partial charge on any atom is 0.322 e. The molecule has 108 valence electrons. The molecule has 0 fully saturated rings. The lowest BCUT2D eigenvalue weighted by atomic mass is 9.94. The van der Waals surface area contributed by atoms with Crippen molar-refractivity contribution < 1.29 is 9.84 Å². The minimum Gasteiger partial charge on any atom is -0.463 e. The molecule has 0 aliphatic heterocycles. The lowest BCUT2D eigenvalue weighted by molar-refractivity contribution is 0.201. The van der Waals surface area contributed by atoms with Gasteiger partial charge >= 0.3 is 6.01 Å².